The Labute approximate surface area is 147 Å². The van der Waals surface area contributed by atoms with E-state index in [0.29, 0.717) is 0 Å². The first-order chi connectivity index (χ1) is 11.7. The Morgan fingerprint density at radius 1 is 1.04 bits per heavy atom. The highest BCUT2D eigenvalue weighted by atomic mass is 16.5. The molecule has 1 aliphatic carbocycles. The van der Waals surface area contributed by atoms with E-state index in [2.05, 4.69) is 48.6 Å². The molecule has 24 heavy (non-hydrogen) atoms. The van der Waals surface area contributed by atoms with E-state index in [0.717, 1.165) is 38.7 Å². The lowest BCUT2D eigenvalue weighted by Gasteiger charge is -2.43. The van der Waals surface area contributed by atoms with Crippen molar-refractivity contribution in [1.29, 1.82) is 0 Å². The van der Waals surface area contributed by atoms with Crippen LogP contribution in [0.2, 0.25) is 0 Å². The molecule has 2 aliphatic rings. The second-order valence-electron chi connectivity index (χ2n) is 6.81. The Kier molecular flexibility index (Phi) is 8.03. The van der Waals surface area contributed by atoms with Crippen molar-refractivity contribution in [3.8, 4) is 5.75 Å². The van der Waals surface area contributed by atoms with Gasteiger partial charge in [0.25, 0.3) is 0 Å². The normalized spacial score (nSPS) is 20.2. The minimum Gasteiger partial charge on any atom is -0.494 e. The van der Waals surface area contributed by atoms with Crippen molar-refractivity contribution in [2.45, 2.75) is 44.6 Å². The molecule has 1 aromatic carbocycles. The fraction of sp³-hybridized carbons (Fsp3) is 0.700. The molecule has 0 radical (unpaired) electrons. The first-order valence-electron chi connectivity index (χ1n) is 9.38. The van der Waals surface area contributed by atoms with Crippen LogP contribution in [0.4, 0.5) is 0 Å². The largest absolute Gasteiger partial charge is 0.494 e. The lowest BCUT2D eigenvalue weighted by Crippen LogP contribution is -2.42. The smallest absolute Gasteiger partial charge is 0.119 e. The number of hydrogen-bond donors (Lipinski definition) is 1. The lowest BCUT2D eigenvalue weighted by atomic mass is 9.76. The van der Waals surface area contributed by atoms with Crippen molar-refractivity contribution in [3.05, 3.63) is 29.8 Å². The second kappa shape index (κ2) is 10.0. The molecular formula is C20H34N2O2. The minimum atomic E-state index is 0.239. The van der Waals surface area contributed by atoms with Crippen molar-refractivity contribution in [3.63, 3.8) is 0 Å². The fourth-order valence-electron chi connectivity index (χ4n) is 3.67. The average Bonchev–Trinajstić information content (AvgIpc) is 2.65. The number of ether oxygens (including phenoxy) is 2. The van der Waals surface area contributed by atoms with Crippen LogP contribution in [-0.4, -0.2) is 51.9 Å². The number of nitrogens with zero attached hydrogens (tertiary/aromatic N) is 1. The second-order valence-corrected chi connectivity index (χ2v) is 6.81. The van der Waals surface area contributed by atoms with Crippen LogP contribution in [0.15, 0.2) is 24.3 Å². The van der Waals surface area contributed by atoms with Crippen molar-refractivity contribution in [2.75, 3.05) is 47.0 Å². The molecule has 0 bridgehead atoms. The zero-order chi connectivity index (χ0) is 17.3. The van der Waals surface area contributed by atoms with E-state index < -0.39 is 0 Å². The molecule has 136 valence electrons. The van der Waals surface area contributed by atoms with E-state index in [9.17, 15) is 0 Å². The van der Waals surface area contributed by atoms with Crippen LogP contribution in [0.1, 0.15) is 44.6 Å². The van der Waals surface area contributed by atoms with Gasteiger partial charge in [-0.2, -0.15) is 0 Å². The molecular weight excluding hydrogens is 300 g/mol. The minimum absolute atomic E-state index is 0.239. The highest BCUT2D eigenvalue weighted by Crippen LogP contribution is 2.41. The third kappa shape index (κ3) is 5.20. The van der Waals surface area contributed by atoms with Gasteiger partial charge in [-0.05, 0) is 51.6 Å². The maximum absolute atomic E-state index is 5.53. The van der Waals surface area contributed by atoms with Gasteiger partial charge in [0.15, 0.2) is 0 Å². The summed E-state index contributed by atoms with van der Waals surface area (Å²) >= 11 is 0. The Hall–Kier alpha value is -1.10. The van der Waals surface area contributed by atoms with Gasteiger partial charge in [-0.3, -0.25) is 4.90 Å². The molecule has 0 amide bonds. The average molecular weight is 335 g/mol. The summed E-state index contributed by atoms with van der Waals surface area (Å²) in [6.07, 6.45) is 6.60. The van der Waals surface area contributed by atoms with Gasteiger partial charge < -0.3 is 14.8 Å². The maximum Gasteiger partial charge on any atom is 0.119 e. The molecule has 1 aromatic rings. The number of nitrogens with one attached hydrogen (secondary N) is 1. The number of morpholine rings is 1. The summed E-state index contributed by atoms with van der Waals surface area (Å²) in [6, 6.07) is 8.71. The zero-order valence-electron chi connectivity index (χ0n) is 15.6. The Bertz CT molecular complexity index is 438. The van der Waals surface area contributed by atoms with E-state index in [1.54, 1.807) is 0 Å². The summed E-state index contributed by atoms with van der Waals surface area (Å²) in [5.41, 5.74) is 1.68. The predicted molar refractivity (Wildman–Crippen MR) is 99.7 cm³/mol. The van der Waals surface area contributed by atoms with Crippen LogP contribution in [0, 0.1) is 0 Å². The van der Waals surface area contributed by atoms with Gasteiger partial charge in [-0.15, -0.1) is 0 Å². The van der Waals surface area contributed by atoms with Gasteiger partial charge in [-0.1, -0.05) is 31.4 Å². The molecule has 1 aliphatic heterocycles. The van der Waals surface area contributed by atoms with E-state index in [1.807, 2.05) is 6.92 Å². The van der Waals surface area contributed by atoms with Gasteiger partial charge in [0.2, 0.25) is 0 Å². The van der Waals surface area contributed by atoms with Crippen LogP contribution in [0.5, 0.6) is 5.75 Å². The molecule has 1 saturated carbocycles. The van der Waals surface area contributed by atoms with Crippen LogP contribution < -0.4 is 10.1 Å². The summed E-state index contributed by atoms with van der Waals surface area (Å²) in [7, 11) is 4.42. The van der Waals surface area contributed by atoms with Gasteiger partial charge >= 0.3 is 0 Å². The van der Waals surface area contributed by atoms with Gasteiger partial charge in [-0.25, -0.2) is 0 Å². The number of rotatable bonds is 4. The van der Waals surface area contributed by atoms with Crippen molar-refractivity contribution in [2.24, 2.45) is 0 Å². The predicted octanol–water partition coefficient (Wildman–Crippen LogP) is 3.41. The molecule has 0 aromatic heterocycles. The maximum atomic E-state index is 5.53. The quantitative estimate of drug-likeness (QED) is 0.915. The fourth-order valence-corrected chi connectivity index (χ4v) is 3.67. The lowest BCUT2D eigenvalue weighted by molar-refractivity contribution is 0.0988. The van der Waals surface area contributed by atoms with E-state index in [-0.39, 0.29) is 5.54 Å². The Morgan fingerprint density at radius 3 is 2.08 bits per heavy atom. The Morgan fingerprint density at radius 2 is 1.67 bits per heavy atom. The highest BCUT2D eigenvalue weighted by molar-refractivity contribution is 5.32. The molecule has 1 heterocycles. The molecule has 0 atom stereocenters. The summed E-state index contributed by atoms with van der Waals surface area (Å²) in [5.74, 6) is 0.978. The molecule has 4 nitrogen and oxygen atoms in total. The Balaban J connectivity index is 0.000000292. The standard InChI is InChI=1S/C16H25NO.C4H9NO/c1-4-18-15-10-8-14(9-11-15)16(17(2)3)12-6-5-7-13-16;1-3-6-4-2-5-1/h8-11H,4-7,12-13H2,1-3H3;5H,1-4H2. The molecule has 1 N–H and O–H groups in total. The molecule has 3 rings (SSSR count). The van der Waals surface area contributed by atoms with Crippen molar-refractivity contribution in [1.82, 2.24) is 10.2 Å². The number of hydrogen-bond acceptors (Lipinski definition) is 4. The van der Waals surface area contributed by atoms with Crippen LogP contribution in [0.25, 0.3) is 0 Å². The molecule has 0 unspecified atom stereocenters. The van der Waals surface area contributed by atoms with Crippen molar-refractivity contribution >= 4 is 0 Å². The summed E-state index contributed by atoms with van der Waals surface area (Å²) in [4.78, 5) is 2.40. The third-order valence-electron chi connectivity index (χ3n) is 5.09. The van der Waals surface area contributed by atoms with E-state index in [1.165, 1.54) is 37.7 Å². The molecule has 1 saturated heterocycles. The van der Waals surface area contributed by atoms with Crippen LogP contribution >= 0.6 is 0 Å². The van der Waals surface area contributed by atoms with Gasteiger partial charge in [0.1, 0.15) is 5.75 Å². The molecule has 2 fully saturated rings. The molecule has 0 spiro atoms. The molecule has 4 heteroatoms. The monoisotopic (exact) mass is 334 g/mol. The summed E-state index contributed by atoms with van der Waals surface area (Å²) < 4.78 is 10.5. The third-order valence-corrected chi connectivity index (χ3v) is 5.09. The van der Waals surface area contributed by atoms with Crippen LogP contribution in [0.3, 0.4) is 0 Å². The first kappa shape index (κ1) is 19.2. The SMILES string of the molecule is C1COCCN1.CCOc1ccc(C2(N(C)C)CCCCC2)cc1. The van der Waals surface area contributed by atoms with E-state index in [4.69, 9.17) is 9.47 Å². The zero-order valence-corrected chi connectivity index (χ0v) is 15.6. The van der Waals surface area contributed by atoms with E-state index >= 15 is 0 Å². The summed E-state index contributed by atoms with van der Waals surface area (Å²) in [5, 5.41) is 3.16. The summed E-state index contributed by atoms with van der Waals surface area (Å²) in [6.45, 7) is 6.59. The number of benzene rings is 1. The van der Waals surface area contributed by atoms with Gasteiger partial charge in [0, 0.05) is 18.6 Å². The first-order valence-corrected chi connectivity index (χ1v) is 9.38. The highest BCUT2D eigenvalue weighted by Gasteiger charge is 2.35. The topological polar surface area (TPSA) is 33.7 Å². The van der Waals surface area contributed by atoms with Crippen molar-refractivity contribution < 1.29 is 9.47 Å². The van der Waals surface area contributed by atoms with Gasteiger partial charge in [0.05, 0.1) is 19.8 Å². The van der Waals surface area contributed by atoms with Crippen LogP contribution in [-0.2, 0) is 10.3 Å².